The molecule has 5 nitrogen and oxygen atoms in total. The lowest BCUT2D eigenvalue weighted by Crippen LogP contribution is -2.56. The molecule has 1 unspecified atom stereocenters. The Morgan fingerprint density at radius 2 is 2.47 bits per heavy atom. The molecular weight excluding hydrogens is 220 g/mol. The Hall–Kier alpha value is -1.33. The fourth-order valence-electron chi connectivity index (χ4n) is 1.94. The summed E-state index contributed by atoms with van der Waals surface area (Å²) in [6.45, 7) is 4.10. The predicted octanol–water partition coefficient (Wildman–Crippen LogP) is 0.208. The van der Waals surface area contributed by atoms with E-state index in [4.69, 9.17) is 9.52 Å². The van der Waals surface area contributed by atoms with Crippen LogP contribution in [0.3, 0.4) is 0 Å². The Morgan fingerprint density at radius 1 is 1.71 bits per heavy atom. The molecule has 1 amide bonds. The summed E-state index contributed by atoms with van der Waals surface area (Å²) in [5, 5.41) is 11.7. The summed E-state index contributed by atoms with van der Waals surface area (Å²) in [6, 6.07) is 3.48. The van der Waals surface area contributed by atoms with Crippen molar-refractivity contribution < 1.29 is 14.3 Å². The maximum atomic E-state index is 11.8. The van der Waals surface area contributed by atoms with E-state index in [9.17, 15) is 4.79 Å². The van der Waals surface area contributed by atoms with Crippen LogP contribution in [0.25, 0.3) is 0 Å². The van der Waals surface area contributed by atoms with E-state index in [1.165, 1.54) is 0 Å². The number of rotatable bonds is 5. The van der Waals surface area contributed by atoms with E-state index >= 15 is 0 Å². The second-order valence-corrected chi connectivity index (χ2v) is 4.48. The van der Waals surface area contributed by atoms with Crippen LogP contribution >= 0.6 is 0 Å². The van der Waals surface area contributed by atoms with Crippen molar-refractivity contribution >= 4 is 5.91 Å². The van der Waals surface area contributed by atoms with Crippen LogP contribution in [-0.4, -0.2) is 41.7 Å². The van der Waals surface area contributed by atoms with Crippen molar-refractivity contribution in [3.05, 3.63) is 24.2 Å². The van der Waals surface area contributed by atoms with Crippen LogP contribution in [0, 0.1) is 5.92 Å². The fourth-order valence-corrected chi connectivity index (χ4v) is 1.94. The lowest BCUT2D eigenvalue weighted by molar-refractivity contribution is -0.129. The molecule has 1 aliphatic heterocycles. The molecule has 0 aliphatic carbocycles. The maximum absolute atomic E-state index is 11.8. The zero-order chi connectivity index (χ0) is 12.3. The van der Waals surface area contributed by atoms with Crippen molar-refractivity contribution in [1.29, 1.82) is 0 Å². The van der Waals surface area contributed by atoms with Gasteiger partial charge in [0, 0.05) is 25.6 Å². The van der Waals surface area contributed by atoms with Crippen molar-refractivity contribution in [2.45, 2.75) is 19.5 Å². The van der Waals surface area contributed by atoms with Crippen LogP contribution < -0.4 is 5.32 Å². The highest BCUT2D eigenvalue weighted by Gasteiger charge is 2.32. The lowest BCUT2D eigenvalue weighted by Gasteiger charge is -2.41. The number of furan rings is 1. The third-order valence-corrected chi connectivity index (χ3v) is 3.19. The van der Waals surface area contributed by atoms with Crippen LogP contribution in [-0.2, 0) is 11.3 Å². The quantitative estimate of drug-likeness (QED) is 0.769. The Balaban J connectivity index is 1.73. The number of nitrogens with zero attached hydrogens (tertiary/aromatic N) is 1. The molecule has 1 saturated heterocycles. The van der Waals surface area contributed by atoms with E-state index in [0.29, 0.717) is 12.5 Å². The summed E-state index contributed by atoms with van der Waals surface area (Å²) in [5.41, 5.74) is 0. The van der Waals surface area contributed by atoms with Crippen molar-refractivity contribution in [1.82, 2.24) is 10.2 Å². The molecule has 5 heteroatoms. The van der Waals surface area contributed by atoms with Crippen LogP contribution in [0.1, 0.15) is 12.7 Å². The largest absolute Gasteiger partial charge is 0.467 e. The molecule has 2 rings (SSSR count). The van der Waals surface area contributed by atoms with Gasteiger partial charge >= 0.3 is 0 Å². The summed E-state index contributed by atoms with van der Waals surface area (Å²) in [6.07, 6.45) is 1.59. The molecule has 1 atom stereocenters. The van der Waals surface area contributed by atoms with Gasteiger partial charge in [-0.25, -0.2) is 0 Å². The van der Waals surface area contributed by atoms with Gasteiger partial charge in [-0.15, -0.1) is 0 Å². The van der Waals surface area contributed by atoms with E-state index in [1.54, 1.807) is 12.3 Å². The molecule has 1 fully saturated rings. The highest BCUT2D eigenvalue weighted by molar-refractivity contribution is 5.81. The Kier molecular flexibility index (Phi) is 3.81. The van der Waals surface area contributed by atoms with Gasteiger partial charge in [-0.1, -0.05) is 0 Å². The van der Waals surface area contributed by atoms with Gasteiger partial charge < -0.3 is 14.8 Å². The lowest BCUT2D eigenvalue weighted by atomic mass is 9.99. The highest BCUT2D eigenvalue weighted by atomic mass is 16.3. The first-order chi connectivity index (χ1) is 8.20. The Morgan fingerprint density at radius 3 is 3.06 bits per heavy atom. The van der Waals surface area contributed by atoms with E-state index < -0.39 is 0 Å². The first-order valence-corrected chi connectivity index (χ1v) is 5.85. The third-order valence-electron chi connectivity index (χ3n) is 3.19. The number of hydrogen-bond donors (Lipinski definition) is 2. The van der Waals surface area contributed by atoms with Gasteiger partial charge in [-0.05, 0) is 19.1 Å². The third kappa shape index (κ3) is 2.87. The molecule has 1 aromatic rings. The minimum atomic E-state index is -0.146. The molecule has 1 aromatic heterocycles. The van der Waals surface area contributed by atoms with Gasteiger partial charge in [0.25, 0.3) is 0 Å². The number of aliphatic hydroxyl groups excluding tert-OH is 1. The molecule has 2 heterocycles. The van der Waals surface area contributed by atoms with E-state index in [0.717, 1.165) is 18.8 Å². The number of amides is 1. The summed E-state index contributed by atoms with van der Waals surface area (Å²) in [4.78, 5) is 13.9. The van der Waals surface area contributed by atoms with Crippen molar-refractivity contribution in [3.8, 4) is 0 Å². The smallest absolute Gasteiger partial charge is 0.237 e. The molecule has 0 saturated carbocycles. The zero-order valence-corrected chi connectivity index (χ0v) is 9.93. The number of likely N-dealkylation sites (tertiary alicyclic amines) is 1. The van der Waals surface area contributed by atoms with Crippen LogP contribution in [0.5, 0.6) is 0 Å². The van der Waals surface area contributed by atoms with Crippen LogP contribution in [0.15, 0.2) is 22.8 Å². The zero-order valence-electron chi connectivity index (χ0n) is 9.93. The van der Waals surface area contributed by atoms with Gasteiger partial charge in [-0.3, -0.25) is 9.69 Å². The molecule has 94 valence electrons. The predicted molar refractivity (Wildman–Crippen MR) is 62.2 cm³/mol. The summed E-state index contributed by atoms with van der Waals surface area (Å²) in [7, 11) is 0. The van der Waals surface area contributed by atoms with Gasteiger partial charge in [0.15, 0.2) is 0 Å². The topological polar surface area (TPSA) is 65.7 Å². The van der Waals surface area contributed by atoms with Gasteiger partial charge in [0.2, 0.25) is 5.91 Å². The van der Waals surface area contributed by atoms with E-state index in [-0.39, 0.29) is 18.6 Å². The molecular formula is C12H18N2O3. The molecule has 1 aliphatic rings. The summed E-state index contributed by atoms with van der Waals surface area (Å²) >= 11 is 0. The minimum Gasteiger partial charge on any atom is -0.467 e. The van der Waals surface area contributed by atoms with E-state index in [1.807, 2.05) is 13.0 Å². The SMILES string of the molecule is CC(C(=O)NCc1ccco1)N1CC(CO)C1. The molecule has 2 N–H and O–H groups in total. The van der Waals surface area contributed by atoms with Crippen molar-refractivity contribution in [2.75, 3.05) is 19.7 Å². The van der Waals surface area contributed by atoms with Crippen molar-refractivity contribution in [3.63, 3.8) is 0 Å². The van der Waals surface area contributed by atoms with Crippen molar-refractivity contribution in [2.24, 2.45) is 5.92 Å². The number of carbonyl (C=O) groups is 1. The van der Waals surface area contributed by atoms with Gasteiger partial charge in [0.1, 0.15) is 5.76 Å². The fraction of sp³-hybridized carbons (Fsp3) is 0.583. The Labute approximate surface area is 100 Å². The first kappa shape index (κ1) is 12.1. The number of aliphatic hydroxyl groups is 1. The van der Waals surface area contributed by atoms with Crippen LogP contribution in [0.2, 0.25) is 0 Å². The average Bonchev–Trinajstić information content (AvgIpc) is 2.77. The van der Waals surface area contributed by atoms with Gasteiger partial charge in [0.05, 0.1) is 18.8 Å². The monoisotopic (exact) mass is 238 g/mol. The Bertz CT molecular complexity index is 358. The highest BCUT2D eigenvalue weighted by Crippen LogP contribution is 2.17. The normalized spacial score (nSPS) is 18.7. The second-order valence-electron chi connectivity index (χ2n) is 4.48. The number of nitrogens with one attached hydrogen (secondary N) is 1. The molecule has 0 spiro atoms. The van der Waals surface area contributed by atoms with Crippen LogP contribution in [0.4, 0.5) is 0 Å². The van der Waals surface area contributed by atoms with Gasteiger partial charge in [-0.2, -0.15) is 0 Å². The second kappa shape index (κ2) is 5.33. The summed E-state index contributed by atoms with van der Waals surface area (Å²) < 4.78 is 5.14. The average molecular weight is 238 g/mol. The minimum absolute atomic E-state index is 0.00205. The molecule has 0 bridgehead atoms. The van der Waals surface area contributed by atoms with E-state index in [2.05, 4.69) is 10.2 Å². The maximum Gasteiger partial charge on any atom is 0.237 e. The molecule has 0 radical (unpaired) electrons. The molecule has 17 heavy (non-hydrogen) atoms. The number of carbonyl (C=O) groups excluding carboxylic acids is 1. The standard InChI is InChI=1S/C12H18N2O3/c1-9(14-6-10(7-14)8-15)12(16)13-5-11-3-2-4-17-11/h2-4,9-10,15H,5-8H2,1H3,(H,13,16). The first-order valence-electron chi connectivity index (χ1n) is 5.85. The summed E-state index contributed by atoms with van der Waals surface area (Å²) in [5.74, 6) is 1.08. The number of hydrogen-bond acceptors (Lipinski definition) is 4. The molecule has 0 aromatic carbocycles.